The summed E-state index contributed by atoms with van der Waals surface area (Å²) in [5.74, 6) is -3.88. The molecule has 2 aromatic carbocycles. The largest absolute Gasteiger partial charge is 0.490 e. The lowest BCUT2D eigenvalue weighted by molar-refractivity contribution is -0.192. The van der Waals surface area contributed by atoms with Gasteiger partial charge in [0.05, 0.1) is 16.1 Å². The number of aromatic carboxylic acids is 1. The highest BCUT2D eigenvalue weighted by molar-refractivity contribution is 7.92. The van der Waals surface area contributed by atoms with E-state index in [1.807, 2.05) is 6.92 Å². The van der Waals surface area contributed by atoms with Crippen molar-refractivity contribution in [3.8, 4) is 0 Å². The molecule has 3 N–H and O–H groups in total. The van der Waals surface area contributed by atoms with Gasteiger partial charge in [0, 0.05) is 19.8 Å². The van der Waals surface area contributed by atoms with Crippen molar-refractivity contribution < 1.29 is 41.4 Å². The first-order valence-electron chi connectivity index (χ1n) is 8.65. The van der Waals surface area contributed by atoms with Crippen LogP contribution < -0.4 is 9.62 Å². The number of anilines is 2. The van der Waals surface area contributed by atoms with E-state index in [2.05, 4.69) is 4.72 Å². The zero-order chi connectivity index (χ0) is 24.0. The molecule has 2 rings (SSSR count). The van der Waals surface area contributed by atoms with Crippen LogP contribution in [0.2, 0.25) is 0 Å². The number of hydrogen-bond donors (Lipinski definition) is 3. The Bertz CT molecular complexity index is 1040. The zero-order valence-corrected chi connectivity index (χ0v) is 17.6. The van der Waals surface area contributed by atoms with E-state index in [0.29, 0.717) is 5.69 Å². The van der Waals surface area contributed by atoms with Crippen molar-refractivity contribution in [2.45, 2.75) is 24.4 Å². The van der Waals surface area contributed by atoms with E-state index < -0.39 is 28.1 Å². The van der Waals surface area contributed by atoms with Crippen molar-refractivity contribution in [2.24, 2.45) is 0 Å². The van der Waals surface area contributed by atoms with E-state index in [4.69, 9.17) is 9.90 Å². The number of halogens is 3. The van der Waals surface area contributed by atoms with Crippen LogP contribution in [0.4, 0.5) is 24.5 Å². The summed E-state index contributed by atoms with van der Waals surface area (Å²) in [5.41, 5.74) is 1.77. The third kappa shape index (κ3) is 7.48. The van der Waals surface area contributed by atoms with Crippen LogP contribution in [0.25, 0.3) is 0 Å². The summed E-state index contributed by atoms with van der Waals surface area (Å²) in [6, 6.07) is 11.0. The Morgan fingerprint density at radius 2 is 1.55 bits per heavy atom. The number of hydrogen-bond acceptors (Lipinski definition) is 5. The fraction of sp³-hybridized carbons (Fsp3) is 0.263. The quantitative estimate of drug-likeness (QED) is 0.601. The summed E-state index contributed by atoms with van der Waals surface area (Å²) < 4.78 is 59.0. The van der Waals surface area contributed by atoms with Crippen molar-refractivity contribution in [1.82, 2.24) is 0 Å². The third-order valence-corrected chi connectivity index (χ3v) is 5.24. The molecule has 0 heterocycles. The molecule has 0 amide bonds. The number of carboxylic acid groups (broad SMARTS) is 2. The van der Waals surface area contributed by atoms with Gasteiger partial charge in [-0.3, -0.25) is 4.72 Å². The number of rotatable bonds is 6. The van der Waals surface area contributed by atoms with E-state index in [-0.39, 0.29) is 16.1 Å². The Kier molecular flexibility index (Phi) is 8.44. The highest BCUT2D eigenvalue weighted by atomic mass is 32.2. The number of nitrogens with one attached hydrogen (secondary N) is 1. The lowest BCUT2D eigenvalue weighted by Gasteiger charge is -2.17. The van der Waals surface area contributed by atoms with Crippen LogP contribution in [0.5, 0.6) is 0 Å². The molecule has 0 saturated heterocycles. The molecule has 0 radical (unpaired) electrons. The van der Waals surface area contributed by atoms with Crippen LogP contribution in [0.1, 0.15) is 22.8 Å². The molecular weight excluding hydrogens is 441 g/mol. The zero-order valence-electron chi connectivity index (χ0n) is 16.8. The van der Waals surface area contributed by atoms with Crippen molar-refractivity contribution in [2.75, 3.05) is 23.7 Å². The molecule has 0 aliphatic heterocycles. The first-order chi connectivity index (χ1) is 14.2. The third-order valence-electron chi connectivity index (χ3n) is 3.85. The second-order valence-corrected chi connectivity index (χ2v) is 8.02. The molecule has 0 spiro atoms. The van der Waals surface area contributed by atoms with Crippen molar-refractivity contribution in [3.63, 3.8) is 0 Å². The average molecular weight is 462 g/mol. The van der Waals surface area contributed by atoms with Gasteiger partial charge in [-0.15, -0.1) is 0 Å². The summed E-state index contributed by atoms with van der Waals surface area (Å²) in [4.78, 5) is 22.1. The van der Waals surface area contributed by atoms with E-state index in [1.54, 1.807) is 43.3 Å². The Morgan fingerprint density at radius 3 is 1.94 bits per heavy atom. The van der Waals surface area contributed by atoms with Gasteiger partial charge in [-0.25, -0.2) is 18.0 Å². The van der Waals surface area contributed by atoms with Gasteiger partial charge in [0.2, 0.25) is 0 Å². The molecule has 2 aromatic rings. The monoisotopic (exact) mass is 462 g/mol. The minimum Gasteiger partial charge on any atom is -0.478 e. The normalized spacial score (nSPS) is 11.2. The topological polar surface area (TPSA) is 124 Å². The van der Waals surface area contributed by atoms with E-state index in [1.165, 1.54) is 18.2 Å². The number of nitrogens with zero attached hydrogens (tertiary/aromatic N) is 1. The molecule has 0 saturated carbocycles. The molecule has 0 aromatic heterocycles. The SMILES string of the molecule is CCc1ccc(S(=O)(=O)Nc2ccc(N(C)C)c(C(=O)O)c2)cc1.O=C(O)C(F)(F)F. The van der Waals surface area contributed by atoms with E-state index >= 15 is 0 Å². The fourth-order valence-electron chi connectivity index (χ4n) is 2.28. The van der Waals surface area contributed by atoms with Gasteiger partial charge < -0.3 is 15.1 Å². The van der Waals surface area contributed by atoms with Crippen LogP contribution >= 0.6 is 0 Å². The molecule has 0 aliphatic carbocycles. The smallest absolute Gasteiger partial charge is 0.478 e. The molecule has 31 heavy (non-hydrogen) atoms. The minimum absolute atomic E-state index is 0.0292. The molecule has 8 nitrogen and oxygen atoms in total. The molecule has 0 unspecified atom stereocenters. The fourth-order valence-corrected chi connectivity index (χ4v) is 3.33. The number of aliphatic carboxylic acids is 1. The average Bonchev–Trinajstić information content (AvgIpc) is 2.67. The second-order valence-electron chi connectivity index (χ2n) is 6.34. The maximum atomic E-state index is 12.4. The predicted molar refractivity (Wildman–Crippen MR) is 108 cm³/mol. The lowest BCUT2D eigenvalue weighted by Crippen LogP contribution is -2.21. The van der Waals surface area contributed by atoms with Gasteiger partial charge in [0.25, 0.3) is 10.0 Å². The summed E-state index contributed by atoms with van der Waals surface area (Å²) in [7, 11) is -0.324. The first kappa shape index (κ1) is 25.8. The van der Waals surface area contributed by atoms with Crippen LogP contribution in [0.15, 0.2) is 47.4 Å². The minimum atomic E-state index is -5.08. The van der Waals surface area contributed by atoms with Crippen molar-refractivity contribution in [1.29, 1.82) is 0 Å². The van der Waals surface area contributed by atoms with E-state index in [9.17, 15) is 31.5 Å². The summed E-state index contributed by atoms with van der Waals surface area (Å²) in [6.45, 7) is 1.99. The standard InChI is InChI=1S/C17H20N2O4S.C2HF3O2/c1-4-12-5-8-14(9-6-12)24(22,23)18-13-7-10-16(19(2)3)15(11-13)17(20)21;3-2(4,5)1(6)7/h5-11,18H,4H2,1-3H3,(H,20,21);(H,6,7). The summed E-state index contributed by atoms with van der Waals surface area (Å²) >= 11 is 0. The number of carboxylic acids is 2. The summed E-state index contributed by atoms with van der Waals surface area (Å²) in [6.07, 6.45) is -4.26. The molecule has 0 atom stereocenters. The predicted octanol–water partition coefficient (Wildman–Crippen LogP) is 3.45. The van der Waals surface area contributed by atoms with Crippen LogP contribution in [-0.2, 0) is 21.2 Å². The van der Waals surface area contributed by atoms with Crippen molar-refractivity contribution >= 4 is 33.3 Å². The lowest BCUT2D eigenvalue weighted by atomic mass is 10.1. The molecule has 0 aliphatic rings. The van der Waals surface area contributed by atoms with Crippen LogP contribution in [0.3, 0.4) is 0 Å². The number of sulfonamides is 1. The van der Waals surface area contributed by atoms with Gasteiger partial charge in [-0.05, 0) is 42.3 Å². The second kappa shape index (κ2) is 10.2. The van der Waals surface area contributed by atoms with Crippen LogP contribution in [0, 0.1) is 0 Å². The van der Waals surface area contributed by atoms with Gasteiger partial charge >= 0.3 is 18.1 Å². The van der Waals surface area contributed by atoms with Gasteiger partial charge in [-0.2, -0.15) is 13.2 Å². The number of benzene rings is 2. The van der Waals surface area contributed by atoms with Gasteiger partial charge in [-0.1, -0.05) is 19.1 Å². The highest BCUT2D eigenvalue weighted by Gasteiger charge is 2.38. The summed E-state index contributed by atoms with van der Waals surface area (Å²) in [5, 5.41) is 16.4. The Labute approximate surface area is 177 Å². The number of alkyl halides is 3. The Morgan fingerprint density at radius 1 is 1.03 bits per heavy atom. The molecular formula is C19H21F3N2O6S. The maximum absolute atomic E-state index is 12.4. The molecule has 0 fully saturated rings. The Hall–Kier alpha value is -3.28. The highest BCUT2D eigenvalue weighted by Crippen LogP contribution is 2.25. The molecule has 170 valence electrons. The van der Waals surface area contributed by atoms with Crippen molar-refractivity contribution in [3.05, 3.63) is 53.6 Å². The molecule has 0 bridgehead atoms. The molecule has 12 heteroatoms. The van der Waals surface area contributed by atoms with Crippen LogP contribution in [-0.4, -0.2) is 50.8 Å². The first-order valence-corrected chi connectivity index (χ1v) is 10.1. The maximum Gasteiger partial charge on any atom is 0.490 e. The number of aryl methyl sites for hydroxylation is 1. The van der Waals surface area contributed by atoms with Gasteiger partial charge in [0.15, 0.2) is 0 Å². The van der Waals surface area contributed by atoms with E-state index in [0.717, 1.165) is 12.0 Å². The van der Waals surface area contributed by atoms with Gasteiger partial charge in [0.1, 0.15) is 0 Å². The number of carbonyl (C=O) groups is 2. The Balaban J connectivity index is 0.000000592.